The molecule has 1 aromatic carbocycles. The minimum absolute atomic E-state index is 0.775. The van der Waals surface area contributed by atoms with Crippen LogP contribution in [-0.4, -0.2) is 7.11 Å². The van der Waals surface area contributed by atoms with Crippen molar-refractivity contribution < 1.29 is 9.47 Å². The lowest BCUT2D eigenvalue weighted by Crippen LogP contribution is -1.95. The molecule has 2 heteroatoms. The van der Waals surface area contributed by atoms with Crippen LogP contribution in [0.4, 0.5) is 0 Å². The van der Waals surface area contributed by atoms with Gasteiger partial charge in [0.1, 0.15) is 17.3 Å². The molecule has 17 heavy (non-hydrogen) atoms. The van der Waals surface area contributed by atoms with Gasteiger partial charge in [0.2, 0.25) is 0 Å². The Morgan fingerprint density at radius 2 is 1.94 bits per heavy atom. The van der Waals surface area contributed by atoms with Crippen LogP contribution in [-0.2, 0) is 4.74 Å². The monoisotopic (exact) mass is 228 g/mol. The van der Waals surface area contributed by atoms with Crippen LogP contribution in [0.25, 0.3) is 0 Å². The Balaban J connectivity index is 2.15. The Kier molecular flexibility index (Phi) is 3.66. The number of benzene rings is 1. The summed E-state index contributed by atoms with van der Waals surface area (Å²) in [7, 11) is 1.66. The van der Waals surface area contributed by atoms with E-state index in [9.17, 15) is 0 Å². The van der Waals surface area contributed by atoms with E-state index in [0.29, 0.717) is 0 Å². The molecule has 1 aromatic rings. The van der Waals surface area contributed by atoms with E-state index in [1.54, 1.807) is 7.11 Å². The van der Waals surface area contributed by atoms with Crippen LogP contribution in [0.15, 0.2) is 60.1 Å². The van der Waals surface area contributed by atoms with Crippen molar-refractivity contribution in [1.29, 1.82) is 0 Å². The third-order valence-corrected chi connectivity index (χ3v) is 2.60. The predicted octanol–water partition coefficient (Wildman–Crippen LogP) is 3.75. The Bertz CT molecular complexity index is 481. The van der Waals surface area contributed by atoms with E-state index in [4.69, 9.17) is 9.47 Å². The third-order valence-electron chi connectivity index (χ3n) is 2.60. The first kappa shape index (κ1) is 11.5. The standard InChI is InChI=1S/C15H16O2/c1-12-6-3-4-9-15(12)17-14-8-5-7-13(16-2)10-11-14/h3-7,9-11H,8H2,1-2H3. The van der Waals surface area contributed by atoms with E-state index in [1.165, 1.54) is 0 Å². The first-order valence-corrected chi connectivity index (χ1v) is 5.64. The molecule has 0 saturated heterocycles. The number of hydrogen-bond donors (Lipinski definition) is 0. The molecule has 0 aromatic heterocycles. The average molecular weight is 228 g/mol. The molecule has 0 atom stereocenters. The molecule has 1 aliphatic rings. The third kappa shape index (κ3) is 3.00. The quantitative estimate of drug-likeness (QED) is 0.784. The summed E-state index contributed by atoms with van der Waals surface area (Å²) >= 11 is 0. The summed E-state index contributed by atoms with van der Waals surface area (Å²) < 4.78 is 11.0. The molecule has 0 heterocycles. The second kappa shape index (κ2) is 5.39. The fraction of sp³-hybridized carbons (Fsp3) is 0.200. The maximum atomic E-state index is 5.87. The summed E-state index contributed by atoms with van der Waals surface area (Å²) in [5.41, 5.74) is 1.14. The Morgan fingerprint density at radius 1 is 1.12 bits per heavy atom. The summed E-state index contributed by atoms with van der Waals surface area (Å²) in [5, 5.41) is 0. The normalized spacial score (nSPS) is 14.7. The van der Waals surface area contributed by atoms with Crippen LogP contribution >= 0.6 is 0 Å². The molecule has 0 bridgehead atoms. The van der Waals surface area contributed by atoms with Crippen molar-refractivity contribution in [1.82, 2.24) is 0 Å². The number of aryl methyl sites for hydroxylation is 1. The molecule has 2 nitrogen and oxygen atoms in total. The van der Waals surface area contributed by atoms with Crippen molar-refractivity contribution in [2.45, 2.75) is 13.3 Å². The van der Waals surface area contributed by atoms with Gasteiger partial charge in [-0.1, -0.05) is 24.3 Å². The molecule has 1 aliphatic carbocycles. The first-order chi connectivity index (χ1) is 8.29. The lowest BCUT2D eigenvalue weighted by Gasteiger charge is -2.09. The summed E-state index contributed by atoms with van der Waals surface area (Å²) in [6.07, 6.45) is 8.62. The summed E-state index contributed by atoms with van der Waals surface area (Å²) in [4.78, 5) is 0. The van der Waals surface area contributed by atoms with E-state index >= 15 is 0 Å². The van der Waals surface area contributed by atoms with Gasteiger partial charge in [0.25, 0.3) is 0 Å². The van der Waals surface area contributed by atoms with Crippen LogP contribution in [0.1, 0.15) is 12.0 Å². The summed E-state index contributed by atoms with van der Waals surface area (Å²) in [6.45, 7) is 2.04. The first-order valence-electron chi connectivity index (χ1n) is 5.64. The van der Waals surface area contributed by atoms with Gasteiger partial charge >= 0.3 is 0 Å². The zero-order valence-electron chi connectivity index (χ0n) is 10.1. The van der Waals surface area contributed by atoms with Gasteiger partial charge in [-0.25, -0.2) is 0 Å². The number of methoxy groups -OCH3 is 1. The zero-order chi connectivity index (χ0) is 12.1. The largest absolute Gasteiger partial charge is 0.497 e. The molecular formula is C15H16O2. The number of rotatable bonds is 3. The van der Waals surface area contributed by atoms with E-state index in [-0.39, 0.29) is 0 Å². The molecule has 0 fully saturated rings. The van der Waals surface area contributed by atoms with Crippen LogP contribution < -0.4 is 4.74 Å². The zero-order valence-corrected chi connectivity index (χ0v) is 10.1. The Hall–Kier alpha value is -1.96. The minimum atomic E-state index is 0.775. The van der Waals surface area contributed by atoms with Crippen LogP contribution in [0, 0.1) is 6.92 Å². The molecule has 0 N–H and O–H groups in total. The van der Waals surface area contributed by atoms with Gasteiger partial charge in [-0.2, -0.15) is 0 Å². The molecule has 0 amide bonds. The Labute approximate surface area is 102 Å². The number of ether oxygens (including phenoxy) is 2. The van der Waals surface area contributed by atoms with Gasteiger partial charge in [-0.15, -0.1) is 0 Å². The number of hydrogen-bond acceptors (Lipinski definition) is 2. The van der Waals surface area contributed by atoms with Gasteiger partial charge in [-0.05, 0) is 36.8 Å². The molecule has 2 rings (SSSR count). The molecule has 0 aliphatic heterocycles. The van der Waals surface area contributed by atoms with E-state index in [1.807, 2.05) is 55.5 Å². The van der Waals surface area contributed by atoms with Gasteiger partial charge in [0.15, 0.2) is 0 Å². The number of allylic oxidation sites excluding steroid dienone is 4. The van der Waals surface area contributed by atoms with E-state index in [0.717, 1.165) is 29.3 Å². The fourth-order valence-corrected chi connectivity index (χ4v) is 1.61. The maximum absolute atomic E-state index is 5.87. The highest BCUT2D eigenvalue weighted by Gasteiger charge is 2.04. The predicted molar refractivity (Wildman–Crippen MR) is 68.7 cm³/mol. The van der Waals surface area contributed by atoms with Crippen molar-refractivity contribution in [2.75, 3.05) is 7.11 Å². The molecule has 0 unspecified atom stereocenters. The highest BCUT2D eigenvalue weighted by atomic mass is 16.5. The maximum Gasteiger partial charge on any atom is 0.129 e. The van der Waals surface area contributed by atoms with E-state index < -0.39 is 0 Å². The molecular weight excluding hydrogens is 212 g/mol. The molecule has 0 radical (unpaired) electrons. The fourth-order valence-electron chi connectivity index (χ4n) is 1.61. The topological polar surface area (TPSA) is 18.5 Å². The highest BCUT2D eigenvalue weighted by Crippen LogP contribution is 2.21. The molecule has 0 spiro atoms. The van der Waals surface area contributed by atoms with Crippen molar-refractivity contribution in [2.24, 2.45) is 0 Å². The number of para-hydroxylation sites is 1. The SMILES string of the molecule is COC1=CC=C(Oc2ccccc2C)CC=C1. The van der Waals surface area contributed by atoms with Crippen LogP contribution in [0.5, 0.6) is 5.75 Å². The Morgan fingerprint density at radius 3 is 2.71 bits per heavy atom. The summed E-state index contributed by atoms with van der Waals surface area (Å²) in [5.74, 6) is 2.66. The van der Waals surface area contributed by atoms with Crippen molar-refractivity contribution in [3.63, 3.8) is 0 Å². The summed E-state index contributed by atoms with van der Waals surface area (Å²) in [6, 6.07) is 8.00. The van der Waals surface area contributed by atoms with Gasteiger partial charge < -0.3 is 9.47 Å². The van der Waals surface area contributed by atoms with Crippen molar-refractivity contribution >= 4 is 0 Å². The van der Waals surface area contributed by atoms with Gasteiger partial charge in [0, 0.05) is 6.42 Å². The van der Waals surface area contributed by atoms with Crippen molar-refractivity contribution in [3.8, 4) is 5.75 Å². The second-order valence-corrected chi connectivity index (χ2v) is 3.88. The van der Waals surface area contributed by atoms with Crippen molar-refractivity contribution in [3.05, 3.63) is 65.7 Å². The molecule has 88 valence electrons. The van der Waals surface area contributed by atoms with Crippen LogP contribution in [0.2, 0.25) is 0 Å². The lowest BCUT2D eigenvalue weighted by atomic mass is 10.2. The second-order valence-electron chi connectivity index (χ2n) is 3.88. The average Bonchev–Trinajstić information content (AvgIpc) is 2.57. The molecule has 0 saturated carbocycles. The van der Waals surface area contributed by atoms with Gasteiger partial charge in [-0.3, -0.25) is 0 Å². The van der Waals surface area contributed by atoms with Crippen LogP contribution in [0.3, 0.4) is 0 Å². The smallest absolute Gasteiger partial charge is 0.129 e. The minimum Gasteiger partial charge on any atom is -0.497 e. The van der Waals surface area contributed by atoms with E-state index in [2.05, 4.69) is 0 Å². The van der Waals surface area contributed by atoms with Gasteiger partial charge in [0.05, 0.1) is 7.11 Å². The highest BCUT2D eigenvalue weighted by molar-refractivity contribution is 5.35. The lowest BCUT2D eigenvalue weighted by molar-refractivity contribution is 0.307.